The van der Waals surface area contributed by atoms with Gasteiger partial charge in [0.05, 0.1) is 11.3 Å². The molecule has 4 aromatic rings. The number of urea groups is 1. The van der Waals surface area contributed by atoms with Gasteiger partial charge in [-0.2, -0.15) is 0 Å². The maximum atomic E-state index is 14.3. The molecule has 10 heteroatoms. The molecule has 2 fully saturated rings. The van der Waals surface area contributed by atoms with Crippen molar-refractivity contribution in [1.29, 1.82) is 0 Å². The number of H-pyrrole nitrogens is 1. The van der Waals surface area contributed by atoms with E-state index < -0.39 is 41.8 Å². The molecule has 7 rings (SSSR count). The van der Waals surface area contributed by atoms with Crippen LogP contribution in [0, 0.1) is 0 Å². The van der Waals surface area contributed by atoms with Crippen LogP contribution < -0.4 is 4.90 Å². The third kappa shape index (κ3) is 4.12. The molecule has 0 bridgehead atoms. The maximum Gasteiger partial charge on any atom is 0.366 e. The number of hydrogen-bond acceptors (Lipinski definition) is 6. The van der Waals surface area contributed by atoms with Crippen molar-refractivity contribution in [3.8, 4) is 0 Å². The van der Waals surface area contributed by atoms with Crippen molar-refractivity contribution in [3.63, 3.8) is 0 Å². The Balaban J connectivity index is 1.31. The van der Waals surface area contributed by atoms with Gasteiger partial charge < -0.3 is 9.82 Å². The SMILES string of the molecule is CC(C)c1ccc([C@H]2c3[nH]c4ccccc4c3C[C@H]3C(=O)N(c4ccccc4C(=O)ON4C(=O)CCC4=O)C(=O)N23)cc1. The minimum absolute atomic E-state index is 0.0263. The van der Waals surface area contributed by atoms with Gasteiger partial charge in [0.15, 0.2) is 0 Å². The highest BCUT2D eigenvalue weighted by Crippen LogP contribution is 2.45. The Hall–Kier alpha value is -5.25. The molecule has 43 heavy (non-hydrogen) atoms. The van der Waals surface area contributed by atoms with E-state index in [0.717, 1.165) is 38.2 Å². The van der Waals surface area contributed by atoms with Crippen molar-refractivity contribution in [3.05, 3.63) is 101 Å². The Morgan fingerprint density at radius 2 is 1.56 bits per heavy atom. The highest BCUT2D eigenvalue weighted by molar-refractivity contribution is 6.24. The number of carbonyl (C=O) groups excluding carboxylic acids is 5. The van der Waals surface area contributed by atoms with Crippen LogP contribution in [-0.4, -0.2) is 50.7 Å². The molecule has 3 aliphatic rings. The minimum atomic E-state index is -1.01. The molecule has 1 aromatic heterocycles. The summed E-state index contributed by atoms with van der Waals surface area (Å²) in [4.78, 5) is 77.1. The average molecular weight is 577 g/mol. The molecule has 0 unspecified atom stereocenters. The topological polar surface area (TPSA) is 120 Å². The molecule has 3 aromatic carbocycles. The van der Waals surface area contributed by atoms with E-state index in [9.17, 15) is 24.0 Å². The van der Waals surface area contributed by atoms with E-state index in [2.05, 4.69) is 18.8 Å². The van der Waals surface area contributed by atoms with Crippen molar-refractivity contribution in [2.24, 2.45) is 0 Å². The number of carbonyl (C=O) groups is 5. The summed E-state index contributed by atoms with van der Waals surface area (Å²) in [7, 11) is 0. The molecular formula is C33H28N4O6. The number of nitrogens with one attached hydrogen (secondary N) is 1. The van der Waals surface area contributed by atoms with Crippen LogP contribution in [0.25, 0.3) is 10.9 Å². The number of anilines is 1. The molecule has 0 aliphatic carbocycles. The van der Waals surface area contributed by atoms with E-state index in [0.29, 0.717) is 17.4 Å². The van der Waals surface area contributed by atoms with Gasteiger partial charge in [-0.25, -0.2) is 14.5 Å². The van der Waals surface area contributed by atoms with Gasteiger partial charge in [-0.3, -0.25) is 19.3 Å². The highest BCUT2D eigenvalue weighted by Gasteiger charge is 2.53. The van der Waals surface area contributed by atoms with E-state index in [4.69, 9.17) is 4.84 Å². The fraction of sp³-hybridized carbons (Fsp3) is 0.242. The Morgan fingerprint density at radius 3 is 2.28 bits per heavy atom. The lowest BCUT2D eigenvalue weighted by Crippen LogP contribution is -2.44. The number of hydrogen-bond donors (Lipinski definition) is 1. The number of hydroxylamine groups is 2. The van der Waals surface area contributed by atoms with Gasteiger partial charge in [-0.15, -0.1) is 5.06 Å². The summed E-state index contributed by atoms with van der Waals surface area (Å²) in [6, 6.07) is 20.0. The van der Waals surface area contributed by atoms with Gasteiger partial charge in [0.1, 0.15) is 12.1 Å². The van der Waals surface area contributed by atoms with Crippen LogP contribution in [0.5, 0.6) is 0 Å². The van der Waals surface area contributed by atoms with Gasteiger partial charge in [-0.1, -0.05) is 68.4 Å². The van der Waals surface area contributed by atoms with Gasteiger partial charge in [0.2, 0.25) is 0 Å². The second kappa shape index (κ2) is 9.94. The molecule has 0 radical (unpaired) electrons. The number of aromatic amines is 1. The third-order valence-electron chi connectivity index (χ3n) is 8.51. The first kappa shape index (κ1) is 26.6. The summed E-state index contributed by atoms with van der Waals surface area (Å²) in [6.45, 7) is 4.22. The van der Waals surface area contributed by atoms with Crippen molar-refractivity contribution < 1.29 is 28.8 Å². The Labute approximate surface area is 246 Å². The maximum absolute atomic E-state index is 14.3. The second-order valence-electron chi connectivity index (χ2n) is 11.3. The summed E-state index contributed by atoms with van der Waals surface area (Å²) < 4.78 is 0. The number of aromatic nitrogens is 1. The number of fused-ring (bicyclic) bond motifs is 4. The molecule has 4 heterocycles. The van der Waals surface area contributed by atoms with Crippen molar-refractivity contribution >= 4 is 46.3 Å². The van der Waals surface area contributed by atoms with Crippen LogP contribution in [0.15, 0.2) is 72.8 Å². The molecule has 5 amide bonds. The van der Waals surface area contributed by atoms with Crippen LogP contribution in [0.3, 0.4) is 0 Å². The molecule has 1 N–H and O–H groups in total. The second-order valence-corrected chi connectivity index (χ2v) is 11.3. The number of amides is 5. The number of para-hydroxylation sites is 2. The Kier molecular flexibility index (Phi) is 6.16. The zero-order chi connectivity index (χ0) is 30.0. The molecule has 2 saturated heterocycles. The largest absolute Gasteiger partial charge is 0.366 e. The highest BCUT2D eigenvalue weighted by atomic mass is 16.7. The smallest absolute Gasteiger partial charge is 0.356 e. The third-order valence-corrected chi connectivity index (χ3v) is 8.51. The van der Waals surface area contributed by atoms with Crippen molar-refractivity contribution in [2.75, 3.05) is 4.90 Å². The van der Waals surface area contributed by atoms with Crippen LogP contribution in [0.1, 0.15) is 71.4 Å². The number of rotatable bonds is 5. The lowest BCUT2D eigenvalue weighted by atomic mass is 9.88. The summed E-state index contributed by atoms with van der Waals surface area (Å²) in [5, 5.41) is 1.44. The van der Waals surface area contributed by atoms with E-state index in [1.54, 1.807) is 17.0 Å². The van der Waals surface area contributed by atoms with E-state index in [1.165, 1.54) is 12.1 Å². The first-order chi connectivity index (χ1) is 20.7. The fourth-order valence-electron chi connectivity index (χ4n) is 6.34. The molecule has 0 saturated carbocycles. The summed E-state index contributed by atoms with van der Waals surface area (Å²) in [5.74, 6) is -2.41. The molecule has 10 nitrogen and oxygen atoms in total. The molecule has 3 aliphatic heterocycles. The molecule has 2 atom stereocenters. The summed E-state index contributed by atoms with van der Waals surface area (Å²) in [5.41, 5.74) is 4.66. The summed E-state index contributed by atoms with van der Waals surface area (Å²) >= 11 is 0. The standard InChI is InChI=1S/C33H28N4O6/c1-18(2)19-11-13-20(14-12-19)30-29-23(21-7-3-5-9-24(21)34-29)17-26-31(40)36(33(42)35(26)30)25-10-6-4-8-22(25)32(41)43-37-27(38)15-16-28(37)39/h3-14,18,26,30,34H,15-17H2,1-2H3/t26-,30-/m0/s1. The van der Waals surface area contributed by atoms with E-state index >= 15 is 0 Å². The quantitative estimate of drug-likeness (QED) is 0.264. The minimum Gasteiger partial charge on any atom is -0.356 e. The zero-order valence-corrected chi connectivity index (χ0v) is 23.6. The Morgan fingerprint density at radius 1 is 0.884 bits per heavy atom. The average Bonchev–Trinajstić information content (AvgIpc) is 3.62. The lowest BCUT2D eigenvalue weighted by molar-refractivity contribution is -0.172. The van der Waals surface area contributed by atoms with Gasteiger partial charge in [0.25, 0.3) is 17.7 Å². The predicted octanol–water partition coefficient (Wildman–Crippen LogP) is 5.00. The first-order valence-corrected chi connectivity index (χ1v) is 14.3. The van der Waals surface area contributed by atoms with Crippen LogP contribution in [0.4, 0.5) is 10.5 Å². The van der Waals surface area contributed by atoms with Gasteiger partial charge >= 0.3 is 12.0 Å². The number of nitrogens with zero attached hydrogens (tertiary/aromatic N) is 3. The molecule has 216 valence electrons. The van der Waals surface area contributed by atoms with Crippen molar-refractivity contribution in [2.45, 2.75) is 51.1 Å². The van der Waals surface area contributed by atoms with E-state index in [1.807, 2.05) is 48.5 Å². The van der Waals surface area contributed by atoms with Crippen molar-refractivity contribution in [1.82, 2.24) is 14.9 Å². The molecule has 0 spiro atoms. The van der Waals surface area contributed by atoms with Crippen LogP contribution in [0.2, 0.25) is 0 Å². The van der Waals surface area contributed by atoms with E-state index in [-0.39, 0.29) is 24.1 Å². The lowest BCUT2D eigenvalue weighted by Gasteiger charge is -2.36. The number of benzene rings is 3. The normalized spacial score (nSPS) is 19.9. The Bertz CT molecular complexity index is 1830. The summed E-state index contributed by atoms with van der Waals surface area (Å²) in [6.07, 6.45) is 0.189. The number of imide groups is 2. The fourth-order valence-corrected chi connectivity index (χ4v) is 6.34. The monoisotopic (exact) mass is 576 g/mol. The molecular weight excluding hydrogens is 548 g/mol. The van der Waals surface area contributed by atoms with Crippen LogP contribution >= 0.6 is 0 Å². The van der Waals surface area contributed by atoms with Gasteiger partial charge in [0, 0.05) is 35.9 Å². The van der Waals surface area contributed by atoms with Gasteiger partial charge in [-0.05, 0) is 40.8 Å². The first-order valence-electron chi connectivity index (χ1n) is 14.3. The zero-order valence-electron chi connectivity index (χ0n) is 23.6. The van der Waals surface area contributed by atoms with Crippen LogP contribution in [-0.2, 0) is 25.6 Å². The predicted molar refractivity (Wildman–Crippen MR) is 156 cm³/mol.